The van der Waals surface area contributed by atoms with Gasteiger partial charge in [-0.2, -0.15) is 0 Å². The van der Waals surface area contributed by atoms with Crippen LogP contribution in [-0.4, -0.2) is 74.3 Å². The average molecular weight is 1230 g/mol. The van der Waals surface area contributed by atoms with E-state index in [1.807, 2.05) is 33.3 Å². The van der Waals surface area contributed by atoms with Crippen molar-refractivity contribution in [3.05, 3.63) is 60.8 Å². The Kier molecular flexibility index (Phi) is 63.9. The quantitative estimate of drug-likeness (QED) is 0.0205. The number of carbonyl (C=O) groups excluding carboxylic acids is 2. The van der Waals surface area contributed by atoms with Gasteiger partial charge in [0.05, 0.1) is 33.8 Å². The van der Waals surface area contributed by atoms with Crippen LogP contribution in [-0.2, 0) is 27.9 Å². The van der Waals surface area contributed by atoms with Crippen molar-refractivity contribution >= 4 is 19.7 Å². The minimum Gasteiger partial charge on any atom is -0.456 e. The number of ether oxygens (including phenoxy) is 1. The van der Waals surface area contributed by atoms with Gasteiger partial charge < -0.3 is 19.4 Å². The predicted octanol–water partition coefficient (Wildman–Crippen LogP) is 23.7. The molecule has 0 saturated carbocycles. The lowest BCUT2D eigenvalue weighted by Gasteiger charge is -2.27. The number of nitrogens with zero attached hydrogens (tertiary/aromatic N) is 1. The highest BCUT2D eigenvalue weighted by atomic mass is 31.2. The van der Waals surface area contributed by atoms with E-state index < -0.39 is 20.0 Å². The molecule has 10 heteroatoms. The third-order valence-electron chi connectivity index (χ3n) is 16.7. The first-order valence-corrected chi connectivity index (χ1v) is 38.6. The Morgan fingerprint density at radius 1 is 0.407 bits per heavy atom. The molecule has 0 aromatic carbocycles. The third-order valence-corrected chi connectivity index (χ3v) is 17.7. The van der Waals surface area contributed by atoms with Crippen molar-refractivity contribution in [1.82, 2.24) is 5.32 Å². The van der Waals surface area contributed by atoms with Crippen LogP contribution in [0.1, 0.15) is 361 Å². The molecule has 0 aliphatic carbocycles. The zero-order chi connectivity index (χ0) is 62.8. The molecule has 0 fully saturated rings. The Hall–Kier alpha value is -2.29. The smallest absolute Gasteiger partial charge is 0.456 e. The highest BCUT2D eigenvalue weighted by Crippen LogP contribution is 2.43. The topological polar surface area (TPSA) is 111 Å². The number of phosphoric acid groups is 1. The lowest BCUT2D eigenvalue weighted by molar-refractivity contribution is -0.870. The summed E-state index contributed by atoms with van der Waals surface area (Å²) in [5.41, 5.74) is 0. The molecule has 0 saturated heterocycles. The number of likely N-dealkylation sites (N-methyl/N-ethyl adjacent to an activating group) is 1. The number of esters is 1. The number of phosphoric ester groups is 1. The molecular weight excluding hydrogens is 1080 g/mol. The number of unbranched alkanes of at least 4 members (excludes halogenated alkanes) is 44. The van der Waals surface area contributed by atoms with Gasteiger partial charge in [0.1, 0.15) is 19.3 Å². The van der Waals surface area contributed by atoms with Gasteiger partial charge in [0.2, 0.25) is 5.91 Å². The number of hydrogen-bond acceptors (Lipinski definition) is 6. The monoisotopic (exact) mass is 1230 g/mol. The summed E-state index contributed by atoms with van der Waals surface area (Å²) in [7, 11) is 1.49. The van der Waals surface area contributed by atoms with Crippen molar-refractivity contribution in [3.63, 3.8) is 0 Å². The minimum absolute atomic E-state index is 0.0364. The Morgan fingerprint density at radius 2 is 0.709 bits per heavy atom. The maximum Gasteiger partial charge on any atom is 0.472 e. The number of quaternary nitrogens is 1. The van der Waals surface area contributed by atoms with Gasteiger partial charge in [0.15, 0.2) is 0 Å². The number of nitrogens with one attached hydrogen (secondary N) is 1. The second-order valence-corrected chi connectivity index (χ2v) is 27.9. The van der Waals surface area contributed by atoms with Crippen molar-refractivity contribution in [1.29, 1.82) is 0 Å². The molecule has 0 rings (SSSR count). The average Bonchev–Trinajstić information content (AvgIpc) is 3.66. The molecule has 0 bridgehead atoms. The van der Waals surface area contributed by atoms with E-state index in [4.69, 9.17) is 13.8 Å². The van der Waals surface area contributed by atoms with E-state index in [9.17, 15) is 19.0 Å². The van der Waals surface area contributed by atoms with Gasteiger partial charge in [-0.25, -0.2) is 4.57 Å². The normalized spacial score (nSPS) is 13.8. The molecule has 9 nitrogen and oxygen atoms in total. The number of rotatable bonds is 68. The third kappa shape index (κ3) is 66.1. The van der Waals surface area contributed by atoms with Crippen LogP contribution in [0.4, 0.5) is 0 Å². The van der Waals surface area contributed by atoms with Crippen LogP contribution in [0.25, 0.3) is 0 Å². The van der Waals surface area contributed by atoms with Crippen LogP contribution < -0.4 is 5.32 Å². The number of carbonyl (C=O) groups is 2. The number of amides is 1. The van der Waals surface area contributed by atoms with Gasteiger partial charge in [-0.1, -0.05) is 332 Å². The molecular formula is C76H144N2O7P+. The lowest BCUT2D eigenvalue weighted by Crippen LogP contribution is -2.47. The maximum atomic E-state index is 13.6. The Labute approximate surface area is 534 Å². The molecule has 0 aromatic rings. The first kappa shape index (κ1) is 83.7. The first-order valence-electron chi connectivity index (χ1n) is 37.1. The van der Waals surface area contributed by atoms with Crippen LogP contribution in [0.5, 0.6) is 0 Å². The fraction of sp³-hybridized carbons (Fsp3) is 0.842. The Bertz CT molecular complexity index is 1650. The minimum atomic E-state index is -4.46. The number of hydrogen-bond donors (Lipinski definition) is 2. The standard InChI is InChI=1S/C76H143N2O7P/c1-7-10-13-16-19-22-25-28-30-32-34-36-37-38-39-40-41-43-45-47-49-51-54-57-60-63-66-69-76(80)85-74(67-64-61-58-55-52-27-24-21-18-15-12-9-3)73(72-84-86(81,82)83-71-70-78(4,5)6)77-75(79)68-65-62-59-56-53-50-48-46-44-42-35-33-31-29-26-23-20-17-14-11-8-2/h20,23,29,31,35,42,46,48,64,67,73-74H,7-19,21-22,24-28,30,32-34,36-41,43-45,47,49-63,65-66,68-72H2,1-6H3,(H-,77,79,81,82)/p+1/b23-20-,31-29-,42-35-,48-46-,67-64-. The molecule has 0 radical (unpaired) electrons. The summed E-state index contributed by atoms with van der Waals surface area (Å²) < 4.78 is 30.8. The van der Waals surface area contributed by atoms with Crippen LogP contribution in [0.2, 0.25) is 0 Å². The summed E-state index contributed by atoms with van der Waals surface area (Å²) in [4.78, 5) is 37.9. The molecule has 504 valence electrons. The first-order chi connectivity index (χ1) is 41.9. The van der Waals surface area contributed by atoms with Crippen LogP contribution in [0.15, 0.2) is 60.8 Å². The van der Waals surface area contributed by atoms with Crippen LogP contribution in [0.3, 0.4) is 0 Å². The summed E-state index contributed by atoms with van der Waals surface area (Å²) in [5.74, 6) is -0.511. The molecule has 3 unspecified atom stereocenters. The summed E-state index contributed by atoms with van der Waals surface area (Å²) in [6.07, 6.45) is 85.3. The fourth-order valence-electron chi connectivity index (χ4n) is 11.0. The summed E-state index contributed by atoms with van der Waals surface area (Å²) in [6.45, 7) is 7.02. The Balaban J connectivity index is 5.01. The maximum absolute atomic E-state index is 13.6. The summed E-state index contributed by atoms with van der Waals surface area (Å²) in [6, 6.07) is -0.859. The van der Waals surface area contributed by atoms with Gasteiger partial charge in [-0.3, -0.25) is 18.6 Å². The molecule has 3 atom stereocenters. The van der Waals surface area contributed by atoms with E-state index in [0.717, 1.165) is 96.3 Å². The second kappa shape index (κ2) is 65.7. The van der Waals surface area contributed by atoms with E-state index in [1.165, 1.54) is 231 Å². The highest BCUT2D eigenvalue weighted by Gasteiger charge is 2.30. The van der Waals surface area contributed by atoms with E-state index in [2.05, 4.69) is 74.7 Å². The van der Waals surface area contributed by atoms with Crippen molar-refractivity contribution in [3.8, 4) is 0 Å². The van der Waals surface area contributed by atoms with E-state index in [0.29, 0.717) is 23.9 Å². The fourth-order valence-corrected chi connectivity index (χ4v) is 11.7. The zero-order valence-corrected chi connectivity index (χ0v) is 58.7. The molecule has 0 heterocycles. The largest absolute Gasteiger partial charge is 0.472 e. The Morgan fingerprint density at radius 3 is 1.08 bits per heavy atom. The van der Waals surface area contributed by atoms with Gasteiger partial charge >= 0.3 is 13.8 Å². The van der Waals surface area contributed by atoms with Crippen molar-refractivity contribution in [2.75, 3.05) is 40.9 Å². The van der Waals surface area contributed by atoms with E-state index >= 15 is 0 Å². The van der Waals surface area contributed by atoms with E-state index in [-0.39, 0.29) is 25.1 Å². The van der Waals surface area contributed by atoms with Crippen LogP contribution in [0, 0.1) is 0 Å². The predicted molar refractivity (Wildman–Crippen MR) is 374 cm³/mol. The van der Waals surface area contributed by atoms with Crippen molar-refractivity contribution < 1.29 is 37.3 Å². The molecule has 0 spiro atoms. The molecule has 2 N–H and O–H groups in total. The SMILES string of the molecule is CCCCC/C=C\C/C=C\C/C=C\C/C=C\CCCCCCCC(=O)NC(COP(=O)(O)OCC[N+](C)(C)C)C(/C=C\CCCCCCCCCCCC)OC(=O)CCCCCCCCCCCCCCCCCCCCCCCCCCCCC. The zero-order valence-electron chi connectivity index (χ0n) is 57.8. The second-order valence-electron chi connectivity index (χ2n) is 26.5. The lowest BCUT2D eigenvalue weighted by atomic mass is 10.0. The van der Waals surface area contributed by atoms with Gasteiger partial charge in [0.25, 0.3) is 0 Å². The molecule has 0 aliphatic rings. The van der Waals surface area contributed by atoms with Crippen molar-refractivity contribution in [2.45, 2.75) is 373 Å². The molecule has 0 aliphatic heterocycles. The highest BCUT2D eigenvalue weighted by molar-refractivity contribution is 7.47. The van der Waals surface area contributed by atoms with Crippen LogP contribution >= 0.6 is 7.82 Å². The van der Waals surface area contributed by atoms with Gasteiger partial charge in [-0.05, 0) is 76.7 Å². The summed E-state index contributed by atoms with van der Waals surface area (Å²) in [5, 5.41) is 3.06. The van der Waals surface area contributed by atoms with Gasteiger partial charge in [-0.15, -0.1) is 0 Å². The summed E-state index contributed by atoms with van der Waals surface area (Å²) >= 11 is 0. The van der Waals surface area contributed by atoms with E-state index in [1.54, 1.807) is 0 Å². The van der Waals surface area contributed by atoms with Crippen molar-refractivity contribution in [2.24, 2.45) is 0 Å². The molecule has 86 heavy (non-hydrogen) atoms. The van der Waals surface area contributed by atoms with Gasteiger partial charge in [0, 0.05) is 12.8 Å². The molecule has 0 aromatic heterocycles. The number of allylic oxidation sites excluding steroid dienone is 9. The molecule has 1 amide bonds.